The molecule has 2 unspecified atom stereocenters. The third-order valence-corrected chi connectivity index (χ3v) is 5.91. The summed E-state index contributed by atoms with van der Waals surface area (Å²) >= 11 is 7.64. The second-order valence-electron chi connectivity index (χ2n) is 5.60. The first-order valence-corrected chi connectivity index (χ1v) is 8.41. The lowest BCUT2D eigenvalue weighted by molar-refractivity contribution is -0.135. The van der Waals surface area contributed by atoms with Crippen molar-refractivity contribution in [3.05, 3.63) is 23.2 Å². The zero-order valence-electron chi connectivity index (χ0n) is 12.4. The van der Waals surface area contributed by atoms with Crippen molar-refractivity contribution in [2.75, 3.05) is 18.2 Å². The predicted octanol–water partition coefficient (Wildman–Crippen LogP) is 2.74. The van der Waals surface area contributed by atoms with Gasteiger partial charge < -0.3 is 15.0 Å². The van der Waals surface area contributed by atoms with Crippen molar-refractivity contribution in [2.45, 2.75) is 30.7 Å². The van der Waals surface area contributed by atoms with Gasteiger partial charge in [-0.3, -0.25) is 9.59 Å². The average molecular weight is 341 g/mol. The molecule has 2 fully saturated rings. The smallest absolute Gasteiger partial charge is 0.248 e. The molecule has 0 spiro atoms. The fourth-order valence-electron chi connectivity index (χ4n) is 3.01. The summed E-state index contributed by atoms with van der Waals surface area (Å²) in [5, 5.41) is 3.35. The van der Waals surface area contributed by atoms with E-state index in [9.17, 15) is 9.59 Å². The van der Waals surface area contributed by atoms with Gasteiger partial charge in [0.25, 0.3) is 0 Å². The molecule has 2 heterocycles. The van der Waals surface area contributed by atoms with E-state index in [1.165, 1.54) is 7.11 Å². The number of rotatable bonds is 3. The number of fused-ring (bicyclic) bond motifs is 1. The lowest BCUT2D eigenvalue weighted by Crippen LogP contribution is -2.48. The maximum atomic E-state index is 12.6. The Morgan fingerprint density at radius 1 is 1.55 bits per heavy atom. The molecular weight excluding hydrogens is 324 g/mol. The normalized spacial score (nSPS) is 27.0. The van der Waals surface area contributed by atoms with Gasteiger partial charge in [-0.15, -0.1) is 11.8 Å². The summed E-state index contributed by atoms with van der Waals surface area (Å²) in [6.07, 6.45) is 1.30. The fraction of sp³-hybridized carbons (Fsp3) is 0.467. The van der Waals surface area contributed by atoms with Crippen LogP contribution in [0.25, 0.3) is 0 Å². The number of thioether (sulfide) groups is 1. The van der Waals surface area contributed by atoms with Gasteiger partial charge in [0.1, 0.15) is 11.8 Å². The lowest BCUT2D eigenvalue weighted by atomic mass is 10.2. The van der Waals surface area contributed by atoms with E-state index in [1.54, 1.807) is 34.9 Å². The Morgan fingerprint density at radius 2 is 2.32 bits per heavy atom. The standard InChI is InChI=1S/C15H17ClN2O3S/c1-15-6-5-13(19)18(15)11(8-22-15)14(20)17-10-7-9(16)3-4-12(10)21-2/h3-4,7,11H,5-6,8H2,1-2H3,(H,17,20). The molecule has 2 atom stereocenters. The molecule has 2 aliphatic rings. The fourth-order valence-corrected chi connectivity index (χ4v) is 4.61. The minimum Gasteiger partial charge on any atom is -0.495 e. The Morgan fingerprint density at radius 3 is 3.05 bits per heavy atom. The van der Waals surface area contributed by atoms with E-state index in [4.69, 9.17) is 16.3 Å². The van der Waals surface area contributed by atoms with Crippen LogP contribution in [-0.2, 0) is 9.59 Å². The van der Waals surface area contributed by atoms with E-state index in [1.807, 2.05) is 6.92 Å². The second kappa shape index (κ2) is 5.66. The Labute approximate surface area is 138 Å². The van der Waals surface area contributed by atoms with E-state index >= 15 is 0 Å². The number of nitrogens with zero attached hydrogens (tertiary/aromatic N) is 1. The first-order valence-electron chi connectivity index (χ1n) is 7.05. The van der Waals surface area contributed by atoms with Crippen LogP contribution in [-0.4, -0.2) is 40.5 Å². The van der Waals surface area contributed by atoms with Crippen molar-refractivity contribution in [1.29, 1.82) is 0 Å². The van der Waals surface area contributed by atoms with Crippen molar-refractivity contribution >= 4 is 40.9 Å². The van der Waals surface area contributed by atoms with E-state index < -0.39 is 6.04 Å². The summed E-state index contributed by atoms with van der Waals surface area (Å²) < 4.78 is 5.23. The highest BCUT2D eigenvalue weighted by molar-refractivity contribution is 8.01. The van der Waals surface area contributed by atoms with Gasteiger partial charge in [-0.05, 0) is 31.5 Å². The molecule has 3 rings (SSSR count). The number of ether oxygens (including phenoxy) is 1. The van der Waals surface area contributed by atoms with Crippen LogP contribution >= 0.6 is 23.4 Å². The SMILES string of the molecule is COc1ccc(Cl)cc1NC(=O)C1CSC2(C)CCC(=O)N12. The maximum Gasteiger partial charge on any atom is 0.248 e. The molecule has 5 nitrogen and oxygen atoms in total. The molecule has 1 aromatic carbocycles. The van der Waals surface area contributed by atoms with E-state index in [2.05, 4.69) is 5.32 Å². The van der Waals surface area contributed by atoms with Crippen LogP contribution in [0.2, 0.25) is 5.02 Å². The first kappa shape index (κ1) is 15.5. The van der Waals surface area contributed by atoms with Crippen molar-refractivity contribution in [3.63, 3.8) is 0 Å². The van der Waals surface area contributed by atoms with E-state index in [0.29, 0.717) is 28.6 Å². The number of methoxy groups -OCH3 is 1. The summed E-state index contributed by atoms with van der Waals surface area (Å²) in [6.45, 7) is 2.02. The van der Waals surface area contributed by atoms with Gasteiger partial charge in [0.15, 0.2) is 0 Å². The summed E-state index contributed by atoms with van der Waals surface area (Å²) in [4.78, 5) is 26.2. The van der Waals surface area contributed by atoms with Gasteiger partial charge in [0.2, 0.25) is 11.8 Å². The van der Waals surface area contributed by atoms with Gasteiger partial charge in [-0.1, -0.05) is 11.6 Å². The molecular formula is C15H17ClN2O3S. The molecule has 1 N–H and O–H groups in total. The van der Waals surface area contributed by atoms with Gasteiger partial charge in [-0.25, -0.2) is 0 Å². The first-order chi connectivity index (χ1) is 10.4. The van der Waals surface area contributed by atoms with Crippen molar-refractivity contribution in [3.8, 4) is 5.75 Å². The van der Waals surface area contributed by atoms with Gasteiger partial charge in [0, 0.05) is 17.2 Å². The molecule has 0 aliphatic carbocycles. The highest BCUT2D eigenvalue weighted by Gasteiger charge is 2.52. The molecule has 2 saturated heterocycles. The largest absolute Gasteiger partial charge is 0.495 e. The molecule has 2 amide bonds. The molecule has 0 aromatic heterocycles. The van der Waals surface area contributed by atoms with Crippen LogP contribution < -0.4 is 10.1 Å². The molecule has 22 heavy (non-hydrogen) atoms. The van der Waals surface area contributed by atoms with Crippen LogP contribution in [0.4, 0.5) is 5.69 Å². The minimum absolute atomic E-state index is 0.0470. The molecule has 7 heteroatoms. The molecule has 0 bridgehead atoms. The number of carbonyl (C=O) groups is 2. The number of carbonyl (C=O) groups excluding carboxylic acids is 2. The predicted molar refractivity (Wildman–Crippen MR) is 87.4 cm³/mol. The number of nitrogens with one attached hydrogen (secondary N) is 1. The maximum absolute atomic E-state index is 12.6. The number of amides is 2. The van der Waals surface area contributed by atoms with Crippen molar-refractivity contribution in [2.24, 2.45) is 0 Å². The van der Waals surface area contributed by atoms with E-state index in [-0.39, 0.29) is 16.7 Å². The third kappa shape index (κ3) is 2.54. The average Bonchev–Trinajstić information content (AvgIpc) is 2.96. The summed E-state index contributed by atoms with van der Waals surface area (Å²) in [5.41, 5.74) is 0.519. The lowest BCUT2D eigenvalue weighted by Gasteiger charge is -2.30. The van der Waals surface area contributed by atoms with Crippen LogP contribution in [0.1, 0.15) is 19.8 Å². The molecule has 1 aromatic rings. The molecule has 0 saturated carbocycles. The molecule has 0 radical (unpaired) electrons. The Balaban J connectivity index is 1.81. The van der Waals surface area contributed by atoms with Crippen LogP contribution in [0.3, 0.4) is 0 Å². The number of hydrogen-bond acceptors (Lipinski definition) is 4. The van der Waals surface area contributed by atoms with Crippen molar-refractivity contribution in [1.82, 2.24) is 4.90 Å². The van der Waals surface area contributed by atoms with Gasteiger partial charge in [-0.2, -0.15) is 0 Å². The van der Waals surface area contributed by atoms with Crippen molar-refractivity contribution < 1.29 is 14.3 Å². The third-order valence-electron chi connectivity index (χ3n) is 4.17. The Kier molecular flexibility index (Phi) is 3.99. The topological polar surface area (TPSA) is 58.6 Å². The minimum atomic E-state index is -0.450. The zero-order valence-corrected chi connectivity index (χ0v) is 14.0. The number of benzene rings is 1. The highest BCUT2D eigenvalue weighted by Crippen LogP contribution is 2.47. The van der Waals surface area contributed by atoms with Gasteiger partial charge >= 0.3 is 0 Å². The molecule has 118 valence electrons. The van der Waals surface area contributed by atoms with Crippen LogP contribution in [0.15, 0.2) is 18.2 Å². The summed E-state index contributed by atoms with van der Waals surface area (Å²) in [7, 11) is 1.53. The Hall–Kier alpha value is -1.40. The second-order valence-corrected chi connectivity index (χ2v) is 7.54. The summed E-state index contributed by atoms with van der Waals surface area (Å²) in [6, 6.07) is 4.59. The molecule has 2 aliphatic heterocycles. The number of hydrogen-bond donors (Lipinski definition) is 1. The van der Waals surface area contributed by atoms with Crippen LogP contribution in [0, 0.1) is 0 Å². The van der Waals surface area contributed by atoms with Crippen LogP contribution in [0.5, 0.6) is 5.75 Å². The number of halogens is 1. The monoisotopic (exact) mass is 340 g/mol. The Bertz CT molecular complexity index is 639. The quantitative estimate of drug-likeness (QED) is 0.919. The number of anilines is 1. The van der Waals surface area contributed by atoms with Gasteiger partial charge in [0.05, 0.1) is 17.7 Å². The highest BCUT2D eigenvalue weighted by atomic mass is 35.5. The zero-order chi connectivity index (χ0) is 15.9. The summed E-state index contributed by atoms with van der Waals surface area (Å²) in [5.74, 6) is 0.994. The van der Waals surface area contributed by atoms with E-state index in [0.717, 1.165) is 6.42 Å².